The van der Waals surface area contributed by atoms with Crippen LogP contribution in [0.25, 0.3) is 22.4 Å². The number of nitrogens with one attached hydrogen (secondary N) is 1. The molecular weight excluding hydrogens is 508 g/mol. The molecule has 2 aromatic carbocycles. The molecule has 3 unspecified atom stereocenters. The average molecular weight is 541 g/mol. The van der Waals surface area contributed by atoms with E-state index in [1.54, 1.807) is 18.3 Å². The van der Waals surface area contributed by atoms with Crippen LogP contribution in [0.4, 0.5) is 5.82 Å². The van der Waals surface area contributed by atoms with Crippen molar-refractivity contribution in [1.82, 2.24) is 14.9 Å². The lowest BCUT2D eigenvalue weighted by Gasteiger charge is -2.56. The summed E-state index contributed by atoms with van der Waals surface area (Å²) in [5.74, 6) is 0.334. The van der Waals surface area contributed by atoms with Crippen LogP contribution in [0, 0.1) is 16.7 Å². The van der Waals surface area contributed by atoms with Crippen LogP contribution in [0.3, 0.4) is 0 Å². The van der Waals surface area contributed by atoms with Crippen molar-refractivity contribution in [1.29, 1.82) is 10.7 Å². The highest BCUT2D eigenvalue weighted by Gasteiger charge is 2.45. The molecule has 4 heterocycles. The van der Waals surface area contributed by atoms with Gasteiger partial charge in [0.15, 0.2) is 0 Å². The third-order valence-corrected chi connectivity index (χ3v) is 9.03. The van der Waals surface area contributed by atoms with E-state index in [1.165, 1.54) is 30.4 Å². The van der Waals surface area contributed by atoms with Crippen LogP contribution in [0.5, 0.6) is 0 Å². The van der Waals surface area contributed by atoms with E-state index in [0.29, 0.717) is 46.5 Å². The van der Waals surface area contributed by atoms with Gasteiger partial charge in [-0.15, -0.1) is 0 Å². The average Bonchev–Trinajstić information content (AvgIpc) is 3.23. The molecule has 41 heavy (non-hydrogen) atoms. The first-order valence-corrected chi connectivity index (χ1v) is 14.4. The number of ether oxygens (including phenoxy) is 1. The molecule has 7 heteroatoms. The van der Waals surface area contributed by atoms with Crippen molar-refractivity contribution in [2.75, 3.05) is 18.9 Å². The molecule has 3 N–H and O–H groups in total. The summed E-state index contributed by atoms with van der Waals surface area (Å²) in [6.07, 6.45) is 9.36. The molecule has 0 saturated carbocycles. The van der Waals surface area contributed by atoms with Gasteiger partial charge in [-0.1, -0.05) is 42.5 Å². The Morgan fingerprint density at radius 1 is 0.902 bits per heavy atom. The van der Waals surface area contributed by atoms with Gasteiger partial charge in [0.05, 0.1) is 30.2 Å². The normalized spacial score (nSPS) is 21.7. The van der Waals surface area contributed by atoms with Gasteiger partial charge in [0.2, 0.25) is 0 Å². The fourth-order valence-corrected chi connectivity index (χ4v) is 6.84. The second-order valence-corrected chi connectivity index (χ2v) is 11.4. The lowest BCUT2D eigenvalue weighted by atomic mass is 9.87. The topological polar surface area (TPSA) is 112 Å². The first-order chi connectivity index (χ1) is 20.1. The van der Waals surface area contributed by atoms with Crippen molar-refractivity contribution in [3.8, 4) is 28.5 Å². The Labute approximate surface area is 240 Å². The molecule has 204 valence electrons. The van der Waals surface area contributed by atoms with E-state index >= 15 is 0 Å². The SMILES string of the molecule is N#Cc1cccnc1-c1ccc(C(=N)c2cc(-c3ccc4c(c3)CCC(N3C5COCC3C5)CC4)cnc2N)cc1. The summed E-state index contributed by atoms with van der Waals surface area (Å²) in [4.78, 5) is 11.6. The minimum Gasteiger partial charge on any atom is -0.383 e. The highest BCUT2D eigenvalue weighted by atomic mass is 16.5. The summed E-state index contributed by atoms with van der Waals surface area (Å²) >= 11 is 0. The number of morpholine rings is 1. The number of hydrogen-bond acceptors (Lipinski definition) is 7. The summed E-state index contributed by atoms with van der Waals surface area (Å²) in [5.41, 5.74) is 14.8. The molecule has 2 saturated heterocycles. The van der Waals surface area contributed by atoms with Gasteiger partial charge in [0.25, 0.3) is 0 Å². The maximum Gasteiger partial charge on any atom is 0.132 e. The zero-order valence-electron chi connectivity index (χ0n) is 22.9. The van der Waals surface area contributed by atoms with Gasteiger partial charge < -0.3 is 10.5 Å². The molecule has 7 nitrogen and oxygen atoms in total. The van der Waals surface area contributed by atoms with E-state index < -0.39 is 0 Å². The summed E-state index contributed by atoms with van der Waals surface area (Å²) in [6, 6.07) is 23.8. The molecule has 0 amide bonds. The molecule has 3 atom stereocenters. The van der Waals surface area contributed by atoms with Crippen molar-refractivity contribution in [2.45, 2.75) is 50.2 Å². The van der Waals surface area contributed by atoms with Crippen LogP contribution < -0.4 is 5.73 Å². The number of nitrogen functional groups attached to an aromatic ring is 1. The van der Waals surface area contributed by atoms with Gasteiger partial charge in [-0.05, 0) is 67.0 Å². The van der Waals surface area contributed by atoms with Gasteiger partial charge >= 0.3 is 0 Å². The predicted molar refractivity (Wildman–Crippen MR) is 160 cm³/mol. The summed E-state index contributed by atoms with van der Waals surface area (Å²) in [6.45, 7) is 1.78. The Kier molecular flexibility index (Phi) is 6.58. The first kappa shape index (κ1) is 25.6. The number of fused-ring (bicyclic) bond motifs is 3. The van der Waals surface area contributed by atoms with Gasteiger partial charge in [-0.2, -0.15) is 5.26 Å². The van der Waals surface area contributed by atoms with E-state index in [-0.39, 0.29) is 0 Å². The van der Waals surface area contributed by atoms with Crippen LogP contribution in [0.1, 0.15) is 47.1 Å². The molecule has 0 spiro atoms. The van der Waals surface area contributed by atoms with Crippen LogP contribution >= 0.6 is 0 Å². The van der Waals surface area contributed by atoms with E-state index in [9.17, 15) is 5.26 Å². The summed E-state index contributed by atoms with van der Waals surface area (Å²) in [7, 11) is 0. The van der Waals surface area contributed by atoms with Crippen molar-refractivity contribution in [2.24, 2.45) is 0 Å². The molecule has 7 rings (SSSR count). The highest BCUT2D eigenvalue weighted by molar-refractivity contribution is 6.14. The smallest absolute Gasteiger partial charge is 0.132 e. The standard InChI is InChI=1S/C34H32N6O/c35-17-26-2-1-13-38-33(26)23-6-4-22(5-7-23)32(36)31-15-27(18-39-34(31)37)25-8-3-21-9-11-28(12-10-24(21)14-25)40-29-16-30(40)20-41-19-29/h1-8,13-15,18,28-30,36H,9-12,16,19-20H2,(H2,37,39). The van der Waals surface area contributed by atoms with E-state index in [4.69, 9.17) is 15.9 Å². The number of anilines is 1. The Bertz CT molecular complexity index is 1660. The fourth-order valence-electron chi connectivity index (χ4n) is 6.84. The third kappa shape index (κ3) is 4.69. The maximum atomic E-state index is 9.43. The second kappa shape index (κ2) is 10.5. The number of benzene rings is 2. The Morgan fingerprint density at radius 2 is 1.66 bits per heavy atom. The lowest BCUT2D eigenvalue weighted by molar-refractivity contribution is -0.148. The number of nitriles is 1. The van der Waals surface area contributed by atoms with Gasteiger partial charge in [0.1, 0.15) is 11.9 Å². The molecule has 0 radical (unpaired) electrons. The molecule has 2 fully saturated rings. The van der Waals surface area contributed by atoms with Crippen LogP contribution in [0.2, 0.25) is 0 Å². The Morgan fingerprint density at radius 3 is 2.41 bits per heavy atom. The maximum absolute atomic E-state index is 9.43. The molecule has 3 aliphatic rings. The third-order valence-electron chi connectivity index (χ3n) is 9.03. The highest BCUT2D eigenvalue weighted by Crippen LogP contribution is 2.38. The number of nitrogens with zero attached hydrogens (tertiary/aromatic N) is 4. The van der Waals surface area contributed by atoms with Gasteiger partial charge in [0, 0.05) is 52.8 Å². The summed E-state index contributed by atoms with van der Waals surface area (Å²) < 4.78 is 5.72. The van der Waals surface area contributed by atoms with E-state index in [2.05, 4.69) is 39.1 Å². The van der Waals surface area contributed by atoms with Crippen molar-refractivity contribution in [3.05, 3.63) is 101 Å². The van der Waals surface area contributed by atoms with Crippen LogP contribution in [-0.4, -0.2) is 51.9 Å². The minimum absolute atomic E-state index is 0.312. The number of hydrogen-bond donors (Lipinski definition) is 2. The first-order valence-electron chi connectivity index (χ1n) is 14.4. The van der Waals surface area contributed by atoms with E-state index in [0.717, 1.165) is 48.3 Å². The molecule has 2 aromatic heterocycles. The monoisotopic (exact) mass is 540 g/mol. The largest absolute Gasteiger partial charge is 0.383 e. The Hall–Kier alpha value is -4.38. The second-order valence-electron chi connectivity index (χ2n) is 11.4. The summed E-state index contributed by atoms with van der Waals surface area (Å²) in [5, 5.41) is 18.4. The molecule has 1 aliphatic carbocycles. The van der Waals surface area contributed by atoms with Gasteiger partial charge in [-0.3, -0.25) is 15.3 Å². The zero-order valence-corrected chi connectivity index (χ0v) is 22.9. The van der Waals surface area contributed by atoms with Gasteiger partial charge in [-0.25, -0.2) is 4.98 Å². The van der Waals surface area contributed by atoms with Crippen molar-refractivity contribution in [3.63, 3.8) is 0 Å². The van der Waals surface area contributed by atoms with E-state index in [1.807, 2.05) is 36.5 Å². The number of pyridine rings is 2. The molecular formula is C34H32N6O. The predicted octanol–water partition coefficient (Wildman–Crippen LogP) is 5.40. The van der Waals surface area contributed by atoms with Crippen molar-refractivity contribution >= 4 is 11.5 Å². The molecule has 2 aliphatic heterocycles. The molecule has 4 aromatic rings. The zero-order chi connectivity index (χ0) is 27.9. The quantitative estimate of drug-likeness (QED) is 0.259. The minimum atomic E-state index is 0.312. The number of rotatable bonds is 5. The number of aryl methyl sites for hydroxylation is 2. The number of aromatic nitrogens is 2. The molecule has 2 bridgehead atoms. The van der Waals surface area contributed by atoms with Crippen molar-refractivity contribution < 1.29 is 4.74 Å². The fraction of sp³-hybridized carbons (Fsp3) is 0.294. The Balaban J connectivity index is 1.11. The number of nitrogens with two attached hydrogens (primary N) is 1. The van der Waals surface area contributed by atoms with Crippen LogP contribution in [0.15, 0.2) is 73.1 Å². The lowest BCUT2D eigenvalue weighted by Crippen LogP contribution is -2.66. The van der Waals surface area contributed by atoms with Crippen LogP contribution in [-0.2, 0) is 17.6 Å².